The summed E-state index contributed by atoms with van der Waals surface area (Å²) in [5.74, 6) is 0.824. The van der Waals surface area contributed by atoms with E-state index in [4.69, 9.17) is 9.73 Å². The first-order chi connectivity index (χ1) is 16.8. The van der Waals surface area contributed by atoms with E-state index in [0.29, 0.717) is 13.2 Å². The van der Waals surface area contributed by atoms with Gasteiger partial charge in [0.05, 0.1) is 12.6 Å². The Bertz CT molecular complexity index is 1130. The number of aliphatic imine (C=N–C) groups is 1. The molecule has 0 radical (unpaired) electrons. The number of nitrogens with one attached hydrogen (secondary N) is 1. The van der Waals surface area contributed by atoms with E-state index in [9.17, 15) is 0 Å². The zero-order chi connectivity index (χ0) is 23.2. The van der Waals surface area contributed by atoms with Crippen LogP contribution in [0.1, 0.15) is 18.9 Å². The number of allylic oxidation sites excluding steroid dienone is 2. The standard InChI is InChI=1S/C30H31N2OP/c1-23(31-21-30-32-25(22-33-30)20-24-12-5-2-6-13-24)28-18-11-19-29(28)34(26-14-7-3-8-15-26)27-16-9-4-10-17-27/h2-18,23,25,31H,19-22H2,1H3/t23-,25-/m0/s1. The van der Waals surface area contributed by atoms with Crippen molar-refractivity contribution in [1.82, 2.24) is 5.32 Å². The van der Waals surface area contributed by atoms with Crippen LogP contribution in [0.15, 0.2) is 119 Å². The summed E-state index contributed by atoms with van der Waals surface area (Å²) < 4.78 is 5.92. The van der Waals surface area contributed by atoms with Crippen molar-refractivity contribution in [3.8, 4) is 0 Å². The van der Waals surface area contributed by atoms with E-state index in [1.54, 1.807) is 0 Å². The Morgan fingerprint density at radius 2 is 1.53 bits per heavy atom. The molecule has 1 aliphatic carbocycles. The first kappa shape index (κ1) is 22.8. The van der Waals surface area contributed by atoms with Crippen molar-refractivity contribution in [2.45, 2.75) is 31.8 Å². The highest BCUT2D eigenvalue weighted by Crippen LogP contribution is 2.49. The molecule has 0 spiro atoms. The lowest BCUT2D eigenvalue weighted by Crippen LogP contribution is -2.33. The van der Waals surface area contributed by atoms with Crippen molar-refractivity contribution in [2.24, 2.45) is 4.99 Å². The van der Waals surface area contributed by atoms with E-state index in [2.05, 4.69) is 115 Å². The third kappa shape index (κ3) is 5.38. The van der Waals surface area contributed by atoms with E-state index in [0.717, 1.165) is 18.7 Å². The molecule has 0 unspecified atom stereocenters. The molecule has 1 aliphatic heterocycles. The first-order valence-electron chi connectivity index (χ1n) is 12.0. The lowest BCUT2D eigenvalue weighted by molar-refractivity contribution is 0.309. The van der Waals surface area contributed by atoms with Crippen molar-refractivity contribution in [2.75, 3.05) is 13.2 Å². The van der Waals surface area contributed by atoms with Crippen LogP contribution >= 0.6 is 7.92 Å². The van der Waals surface area contributed by atoms with Crippen LogP contribution in [0.3, 0.4) is 0 Å². The average molecular weight is 467 g/mol. The second-order valence-corrected chi connectivity index (χ2v) is 11.0. The van der Waals surface area contributed by atoms with Crippen LogP contribution in [0.2, 0.25) is 0 Å². The normalized spacial score (nSPS) is 18.3. The molecule has 3 aromatic rings. The van der Waals surface area contributed by atoms with Gasteiger partial charge >= 0.3 is 0 Å². The van der Waals surface area contributed by atoms with E-state index in [1.807, 2.05) is 0 Å². The molecule has 0 bridgehead atoms. The van der Waals surface area contributed by atoms with Gasteiger partial charge in [-0.25, -0.2) is 4.99 Å². The molecular weight excluding hydrogens is 435 g/mol. The molecule has 34 heavy (non-hydrogen) atoms. The third-order valence-corrected chi connectivity index (χ3v) is 8.96. The molecule has 5 rings (SSSR count). The second-order valence-electron chi connectivity index (χ2n) is 8.80. The van der Waals surface area contributed by atoms with Gasteiger partial charge in [-0.2, -0.15) is 0 Å². The van der Waals surface area contributed by atoms with Crippen molar-refractivity contribution in [3.05, 3.63) is 120 Å². The Morgan fingerprint density at radius 1 is 0.912 bits per heavy atom. The van der Waals surface area contributed by atoms with Crippen LogP contribution < -0.4 is 15.9 Å². The largest absolute Gasteiger partial charge is 0.478 e. The highest BCUT2D eigenvalue weighted by molar-refractivity contribution is 7.76. The fourth-order valence-corrected chi connectivity index (χ4v) is 7.33. The van der Waals surface area contributed by atoms with Gasteiger partial charge in [0.25, 0.3) is 0 Å². The molecule has 3 aromatic carbocycles. The van der Waals surface area contributed by atoms with Crippen molar-refractivity contribution in [3.63, 3.8) is 0 Å². The maximum Gasteiger partial charge on any atom is 0.198 e. The maximum atomic E-state index is 5.92. The number of rotatable bonds is 9. The minimum absolute atomic E-state index is 0.208. The fraction of sp³-hybridized carbons (Fsp3) is 0.233. The van der Waals surface area contributed by atoms with Crippen LogP contribution in [-0.2, 0) is 11.2 Å². The first-order valence-corrected chi connectivity index (χ1v) is 13.4. The van der Waals surface area contributed by atoms with Crippen LogP contribution in [0.25, 0.3) is 0 Å². The summed E-state index contributed by atoms with van der Waals surface area (Å²) in [5.41, 5.74) is 2.71. The van der Waals surface area contributed by atoms with Crippen molar-refractivity contribution in [1.29, 1.82) is 0 Å². The zero-order valence-electron chi connectivity index (χ0n) is 19.6. The maximum absolute atomic E-state index is 5.92. The Kier molecular flexibility index (Phi) is 7.34. The molecule has 3 nitrogen and oxygen atoms in total. The van der Waals surface area contributed by atoms with Gasteiger partial charge in [-0.15, -0.1) is 0 Å². The van der Waals surface area contributed by atoms with Crippen LogP contribution in [0, 0.1) is 0 Å². The highest BCUT2D eigenvalue weighted by Gasteiger charge is 2.26. The Morgan fingerprint density at radius 3 is 2.18 bits per heavy atom. The molecule has 1 N–H and O–H groups in total. The van der Waals surface area contributed by atoms with Gasteiger partial charge in [-0.1, -0.05) is 103 Å². The number of hydrogen-bond acceptors (Lipinski definition) is 3. The second kappa shape index (κ2) is 11.0. The van der Waals surface area contributed by atoms with Gasteiger partial charge in [0.1, 0.15) is 6.61 Å². The smallest absolute Gasteiger partial charge is 0.198 e. The third-order valence-electron chi connectivity index (χ3n) is 6.35. The van der Waals surface area contributed by atoms with Gasteiger partial charge in [0, 0.05) is 6.04 Å². The Hall–Kier alpha value is -3.00. The molecule has 2 aliphatic rings. The lowest BCUT2D eigenvalue weighted by Gasteiger charge is -2.24. The molecule has 2 atom stereocenters. The van der Waals surface area contributed by atoms with Gasteiger partial charge in [0.15, 0.2) is 5.90 Å². The molecular formula is C30H31N2OP. The van der Waals surface area contributed by atoms with Gasteiger partial charge < -0.3 is 10.1 Å². The van der Waals surface area contributed by atoms with Gasteiger partial charge in [-0.3, -0.25) is 0 Å². The predicted molar refractivity (Wildman–Crippen MR) is 145 cm³/mol. The predicted octanol–water partition coefficient (Wildman–Crippen LogP) is 5.35. The Labute approximate surface area is 204 Å². The number of nitrogens with zero attached hydrogens (tertiary/aromatic N) is 1. The quantitative estimate of drug-likeness (QED) is 0.431. The molecule has 0 amide bonds. The zero-order valence-corrected chi connectivity index (χ0v) is 20.5. The van der Waals surface area contributed by atoms with E-state index in [1.165, 1.54) is 27.1 Å². The van der Waals surface area contributed by atoms with Gasteiger partial charge in [-0.05, 0) is 54.7 Å². The summed E-state index contributed by atoms with van der Waals surface area (Å²) in [6.45, 7) is 3.58. The van der Waals surface area contributed by atoms with Crippen LogP contribution in [0.5, 0.6) is 0 Å². The number of ether oxygens (including phenoxy) is 1. The molecule has 4 heteroatoms. The summed E-state index contributed by atoms with van der Waals surface area (Å²) >= 11 is 0. The number of hydrogen-bond donors (Lipinski definition) is 1. The van der Waals surface area contributed by atoms with E-state index >= 15 is 0 Å². The molecule has 1 heterocycles. The molecule has 172 valence electrons. The molecule has 0 saturated carbocycles. The average Bonchev–Trinajstić information content (AvgIpc) is 3.55. The summed E-state index contributed by atoms with van der Waals surface area (Å²) in [6, 6.07) is 32.9. The van der Waals surface area contributed by atoms with Crippen molar-refractivity contribution >= 4 is 24.4 Å². The molecule has 0 fully saturated rings. The van der Waals surface area contributed by atoms with Gasteiger partial charge in [0.2, 0.25) is 0 Å². The Balaban J connectivity index is 1.30. The minimum Gasteiger partial charge on any atom is -0.478 e. The number of benzene rings is 3. The minimum atomic E-state index is -0.565. The molecule has 0 saturated heterocycles. The topological polar surface area (TPSA) is 33.6 Å². The van der Waals surface area contributed by atoms with Crippen LogP contribution in [0.4, 0.5) is 0 Å². The SMILES string of the molecule is C[C@H](NCC1=N[C@@H](Cc2ccccc2)CO1)C1=C(P(c2ccccc2)c2ccccc2)CC=C1. The molecule has 0 aromatic heterocycles. The summed E-state index contributed by atoms with van der Waals surface area (Å²) in [5, 5.41) is 8.02. The van der Waals surface area contributed by atoms with Crippen LogP contribution in [-0.4, -0.2) is 31.1 Å². The summed E-state index contributed by atoms with van der Waals surface area (Å²) in [6.07, 6.45) is 6.55. The summed E-state index contributed by atoms with van der Waals surface area (Å²) in [4.78, 5) is 4.83. The highest BCUT2D eigenvalue weighted by atomic mass is 31.1. The monoisotopic (exact) mass is 466 g/mol. The fourth-order valence-electron chi connectivity index (χ4n) is 4.65. The van der Waals surface area contributed by atoms with E-state index < -0.39 is 7.92 Å². The van der Waals surface area contributed by atoms with E-state index in [-0.39, 0.29) is 12.1 Å². The lowest BCUT2D eigenvalue weighted by atomic mass is 10.1. The van der Waals surface area contributed by atoms with Crippen molar-refractivity contribution < 1.29 is 4.74 Å². The summed E-state index contributed by atoms with van der Waals surface area (Å²) in [7, 11) is -0.565.